The number of aromatic nitrogens is 1. The Kier molecular flexibility index (Phi) is 4.63. The zero-order valence-corrected chi connectivity index (χ0v) is 18.6. The van der Waals surface area contributed by atoms with E-state index in [9.17, 15) is 35.9 Å². The number of hydrogen-bond acceptors (Lipinski definition) is 3. The van der Waals surface area contributed by atoms with Gasteiger partial charge < -0.3 is 15.2 Å². The molecule has 1 amide bonds. The molecule has 4 fully saturated rings. The third-order valence-electron chi connectivity index (χ3n) is 8.02. The number of anilines is 2. The van der Waals surface area contributed by atoms with E-state index in [0.29, 0.717) is 17.7 Å². The third kappa shape index (κ3) is 3.10. The highest BCUT2D eigenvalue weighted by Gasteiger charge is 2.69. The number of pyridine rings is 1. The smallest absolute Gasteiger partial charge is 0.362 e. The maximum absolute atomic E-state index is 14.0. The second-order valence-corrected chi connectivity index (χ2v) is 9.66. The van der Waals surface area contributed by atoms with Crippen LogP contribution in [0.15, 0.2) is 47.4 Å². The quantitative estimate of drug-likeness (QED) is 0.431. The highest BCUT2D eigenvalue weighted by molar-refractivity contribution is 6.06. The van der Waals surface area contributed by atoms with Crippen molar-refractivity contribution in [2.75, 3.05) is 10.2 Å². The minimum absolute atomic E-state index is 0.0626. The molecular formula is C25H19F6N3O2. The maximum Gasteiger partial charge on any atom is 0.418 e. The average molecular weight is 507 g/mol. The first-order valence-corrected chi connectivity index (χ1v) is 11.5. The molecule has 4 aliphatic rings. The first-order chi connectivity index (χ1) is 16.9. The molecule has 1 aromatic heterocycles. The number of nitrogens with zero attached hydrogens (tertiary/aromatic N) is 1. The van der Waals surface area contributed by atoms with Crippen LogP contribution in [0.4, 0.5) is 37.7 Å². The average Bonchev–Trinajstić information content (AvgIpc) is 3.31. The van der Waals surface area contributed by atoms with Crippen molar-refractivity contribution in [2.45, 2.75) is 49.6 Å². The van der Waals surface area contributed by atoms with Gasteiger partial charge in [0, 0.05) is 34.9 Å². The molecule has 36 heavy (non-hydrogen) atoms. The first kappa shape index (κ1) is 22.9. The van der Waals surface area contributed by atoms with Gasteiger partial charge in [-0.2, -0.15) is 26.3 Å². The van der Waals surface area contributed by atoms with E-state index in [1.54, 1.807) is 0 Å². The van der Waals surface area contributed by atoms with Crippen molar-refractivity contribution in [3.63, 3.8) is 0 Å². The molecule has 2 bridgehead atoms. The van der Waals surface area contributed by atoms with E-state index in [0.717, 1.165) is 50.1 Å². The van der Waals surface area contributed by atoms with Crippen LogP contribution in [0.5, 0.6) is 0 Å². The van der Waals surface area contributed by atoms with Crippen molar-refractivity contribution in [2.24, 2.45) is 5.92 Å². The number of H-pyrrole nitrogens is 1. The summed E-state index contributed by atoms with van der Waals surface area (Å²) in [5, 5.41) is 1.33. The normalized spacial score (nSPS) is 24.8. The van der Waals surface area contributed by atoms with Crippen LogP contribution in [0.2, 0.25) is 0 Å². The van der Waals surface area contributed by atoms with E-state index < -0.39 is 51.5 Å². The molecule has 3 aromatic rings. The molecule has 2 aromatic carbocycles. The monoisotopic (exact) mass is 507 g/mol. The second kappa shape index (κ2) is 7.27. The Labute approximate surface area is 200 Å². The number of nitrogens with one attached hydrogen (secondary N) is 2. The van der Waals surface area contributed by atoms with Crippen molar-refractivity contribution < 1.29 is 31.1 Å². The van der Waals surface area contributed by atoms with Gasteiger partial charge in [-0.25, -0.2) is 0 Å². The number of aromatic amines is 1. The fourth-order valence-corrected chi connectivity index (χ4v) is 6.42. The minimum atomic E-state index is -4.86. The van der Waals surface area contributed by atoms with Crippen LogP contribution in [0.25, 0.3) is 10.9 Å². The van der Waals surface area contributed by atoms with Crippen LogP contribution in [-0.4, -0.2) is 22.5 Å². The standard InChI is InChI=1S/C25H19F6N3O2/c26-24(27,28)15-2-1-3-18-20(15)21(35)13(11-32-18)22(36)33-17-5-4-12(10-16(17)25(29,30)31)34-19-7-9-23(34)8-6-14(19)23/h1-5,10-11,14,19H,6-9H2,(H,32,35)(H,33,36). The van der Waals surface area contributed by atoms with Crippen LogP contribution >= 0.6 is 0 Å². The summed E-state index contributed by atoms with van der Waals surface area (Å²) in [4.78, 5) is 30.2. The molecule has 1 spiro atoms. The summed E-state index contributed by atoms with van der Waals surface area (Å²) in [6.07, 6.45) is -4.86. The van der Waals surface area contributed by atoms with E-state index in [-0.39, 0.29) is 17.1 Å². The summed E-state index contributed by atoms with van der Waals surface area (Å²) in [5.41, 5.74) is -4.64. The van der Waals surface area contributed by atoms with E-state index in [1.165, 1.54) is 12.1 Å². The molecule has 3 unspecified atom stereocenters. The number of rotatable bonds is 3. The number of carbonyl (C=O) groups is 1. The van der Waals surface area contributed by atoms with Gasteiger partial charge >= 0.3 is 12.4 Å². The van der Waals surface area contributed by atoms with E-state index >= 15 is 0 Å². The van der Waals surface area contributed by atoms with Crippen LogP contribution in [0.3, 0.4) is 0 Å². The predicted octanol–water partition coefficient (Wildman–Crippen LogP) is 5.95. The van der Waals surface area contributed by atoms with Gasteiger partial charge in [0.05, 0.1) is 22.2 Å². The highest BCUT2D eigenvalue weighted by Crippen LogP contribution is 2.66. The van der Waals surface area contributed by atoms with Gasteiger partial charge in [0.15, 0.2) is 0 Å². The van der Waals surface area contributed by atoms with Crippen LogP contribution in [-0.2, 0) is 12.4 Å². The molecule has 11 heteroatoms. The molecule has 2 N–H and O–H groups in total. The molecule has 5 nitrogen and oxygen atoms in total. The molecule has 188 valence electrons. The van der Waals surface area contributed by atoms with Crippen molar-refractivity contribution in [3.05, 3.63) is 69.5 Å². The van der Waals surface area contributed by atoms with E-state index in [1.807, 2.05) is 0 Å². The van der Waals surface area contributed by atoms with Crippen LogP contribution < -0.4 is 15.6 Å². The minimum Gasteiger partial charge on any atom is -0.362 e. The number of amides is 1. The zero-order chi connectivity index (χ0) is 25.6. The summed E-state index contributed by atoms with van der Waals surface area (Å²) in [5.74, 6) is -0.720. The van der Waals surface area contributed by atoms with Gasteiger partial charge in [-0.05, 0) is 56.0 Å². The number of piperidine rings is 1. The number of halogens is 6. The Balaban J connectivity index is 1.36. The topological polar surface area (TPSA) is 65.2 Å². The molecule has 3 heterocycles. The lowest BCUT2D eigenvalue weighted by Crippen LogP contribution is -2.73. The van der Waals surface area contributed by atoms with Crippen molar-refractivity contribution in [1.82, 2.24) is 4.98 Å². The fraction of sp³-hybridized carbons (Fsp3) is 0.360. The van der Waals surface area contributed by atoms with Crippen LogP contribution in [0, 0.1) is 5.92 Å². The summed E-state index contributed by atoms with van der Waals surface area (Å²) in [7, 11) is 0. The maximum atomic E-state index is 14.0. The van der Waals surface area contributed by atoms with Crippen molar-refractivity contribution in [1.29, 1.82) is 0 Å². The Morgan fingerprint density at radius 2 is 1.72 bits per heavy atom. The lowest BCUT2D eigenvalue weighted by atomic mass is 9.59. The Morgan fingerprint density at radius 1 is 1.00 bits per heavy atom. The summed E-state index contributed by atoms with van der Waals surface area (Å²) < 4.78 is 82.2. The summed E-state index contributed by atoms with van der Waals surface area (Å²) >= 11 is 0. The largest absolute Gasteiger partial charge is 0.418 e. The molecule has 2 saturated heterocycles. The number of benzene rings is 2. The molecule has 2 aliphatic heterocycles. The predicted molar refractivity (Wildman–Crippen MR) is 120 cm³/mol. The molecule has 7 rings (SSSR count). The Bertz CT molecular complexity index is 1480. The van der Waals surface area contributed by atoms with E-state index in [4.69, 9.17) is 0 Å². The summed E-state index contributed by atoms with van der Waals surface area (Å²) in [6, 6.07) is 6.90. The van der Waals surface area contributed by atoms with Gasteiger partial charge in [-0.1, -0.05) is 6.07 Å². The van der Waals surface area contributed by atoms with Crippen LogP contribution in [0.1, 0.15) is 47.2 Å². The lowest BCUT2D eigenvalue weighted by Gasteiger charge is -2.66. The third-order valence-corrected chi connectivity index (χ3v) is 8.02. The van der Waals surface area contributed by atoms with Gasteiger partial charge in [0.1, 0.15) is 5.56 Å². The number of carbonyl (C=O) groups excluding carboxylic acids is 1. The lowest BCUT2D eigenvalue weighted by molar-refractivity contribution is -0.137. The Morgan fingerprint density at radius 3 is 2.33 bits per heavy atom. The van der Waals surface area contributed by atoms with Gasteiger partial charge in [-0.15, -0.1) is 0 Å². The molecular weight excluding hydrogens is 488 g/mol. The van der Waals surface area contributed by atoms with Gasteiger partial charge in [-0.3, -0.25) is 9.59 Å². The Hall–Kier alpha value is -3.50. The summed E-state index contributed by atoms with van der Waals surface area (Å²) in [6.45, 7) is 0. The van der Waals surface area contributed by atoms with Crippen molar-refractivity contribution >= 4 is 28.2 Å². The van der Waals surface area contributed by atoms with Gasteiger partial charge in [0.25, 0.3) is 5.91 Å². The number of hydrogen-bond donors (Lipinski definition) is 2. The van der Waals surface area contributed by atoms with Gasteiger partial charge in [0.2, 0.25) is 5.43 Å². The SMILES string of the molecule is O=C(Nc1ccc(N2C3CCC24CCC34)cc1C(F)(F)F)c1c[nH]c2cccc(C(F)(F)F)c2c1=O. The number of alkyl halides is 6. The zero-order valence-electron chi connectivity index (χ0n) is 18.6. The van der Waals surface area contributed by atoms with Crippen molar-refractivity contribution in [3.8, 4) is 0 Å². The molecule has 2 saturated carbocycles. The molecule has 2 aliphatic carbocycles. The second-order valence-electron chi connectivity index (χ2n) is 9.66. The fourth-order valence-electron chi connectivity index (χ4n) is 6.42. The van der Waals surface area contributed by atoms with E-state index in [2.05, 4.69) is 15.2 Å². The molecule has 0 radical (unpaired) electrons. The first-order valence-electron chi connectivity index (χ1n) is 11.5. The number of fused-ring (bicyclic) bond motifs is 2. The molecule has 3 atom stereocenters. The highest BCUT2D eigenvalue weighted by atomic mass is 19.4.